The van der Waals surface area contributed by atoms with Crippen LogP contribution in [-0.4, -0.2) is 35.4 Å². The third-order valence-electron chi connectivity index (χ3n) is 3.23. The highest BCUT2D eigenvalue weighted by Crippen LogP contribution is 2.09. The van der Waals surface area contributed by atoms with E-state index < -0.39 is 0 Å². The zero-order chi connectivity index (χ0) is 15.2. The van der Waals surface area contributed by atoms with E-state index in [4.69, 9.17) is 0 Å². The van der Waals surface area contributed by atoms with E-state index in [-0.39, 0.29) is 11.9 Å². The van der Waals surface area contributed by atoms with Gasteiger partial charge in [-0.05, 0) is 13.3 Å². The molecule has 0 spiro atoms. The smallest absolute Gasteiger partial charge is 0.221 e. The summed E-state index contributed by atoms with van der Waals surface area (Å²) in [5.74, 6) is 1.55. The molecular formula is C13H21N7O. The average Bonchev–Trinajstić information content (AvgIpc) is 3.06. The molecule has 2 rings (SSSR count). The van der Waals surface area contributed by atoms with E-state index in [1.807, 2.05) is 23.2 Å². The molecule has 0 aliphatic rings. The molecule has 1 N–H and O–H groups in total. The van der Waals surface area contributed by atoms with Crippen LogP contribution in [0.5, 0.6) is 0 Å². The zero-order valence-electron chi connectivity index (χ0n) is 12.7. The number of hydrogen-bond donors (Lipinski definition) is 1. The van der Waals surface area contributed by atoms with Gasteiger partial charge >= 0.3 is 0 Å². The number of nitrogens with one attached hydrogen (secondary N) is 1. The lowest BCUT2D eigenvalue weighted by molar-refractivity contribution is -0.121. The average molecular weight is 291 g/mol. The van der Waals surface area contributed by atoms with Crippen LogP contribution < -0.4 is 5.32 Å². The van der Waals surface area contributed by atoms with Crippen LogP contribution in [-0.2, 0) is 24.8 Å². The van der Waals surface area contributed by atoms with Crippen LogP contribution in [0.2, 0.25) is 0 Å². The Bertz CT molecular complexity index is 589. The Morgan fingerprint density at radius 3 is 2.95 bits per heavy atom. The molecule has 0 radical (unpaired) electrons. The molecule has 21 heavy (non-hydrogen) atoms. The Morgan fingerprint density at radius 2 is 2.29 bits per heavy atom. The van der Waals surface area contributed by atoms with E-state index in [1.54, 1.807) is 6.33 Å². The van der Waals surface area contributed by atoms with E-state index in [0.29, 0.717) is 12.8 Å². The van der Waals surface area contributed by atoms with Crippen molar-refractivity contribution in [1.82, 2.24) is 34.8 Å². The van der Waals surface area contributed by atoms with Gasteiger partial charge in [0.25, 0.3) is 0 Å². The minimum absolute atomic E-state index is 0.0310. The Labute approximate surface area is 123 Å². The number of nitrogens with zero attached hydrogens (tertiary/aromatic N) is 6. The molecule has 1 amide bonds. The minimum atomic E-state index is -0.161. The summed E-state index contributed by atoms with van der Waals surface area (Å²) in [7, 11) is 1.86. The number of aromatic nitrogens is 6. The first kappa shape index (κ1) is 15.1. The van der Waals surface area contributed by atoms with Gasteiger partial charge < -0.3 is 9.88 Å². The number of aryl methyl sites for hydroxylation is 3. The molecule has 0 aliphatic heterocycles. The van der Waals surface area contributed by atoms with Crippen molar-refractivity contribution < 1.29 is 4.79 Å². The molecule has 0 saturated heterocycles. The molecule has 2 heterocycles. The largest absolute Gasteiger partial charge is 0.346 e. The van der Waals surface area contributed by atoms with E-state index in [2.05, 4.69) is 32.5 Å². The lowest BCUT2D eigenvalue weighted by Gasteiger charge is -2.14. The molecule has 114 valence electrons. The second-order valence-electron chi connectivity index (χ2n) is 4.99. The normalized spacial score (nSPS) is 12.3. The Morgan fingerprint density at radius 1 is 1.48 bits per heavy atom. The van der Waals surface area contributed by atoms with Gasteiger partial charge in [0.15, 0.2) is 0 Å². The summed E-state index contributed by atoms with van der Waals surface area (Å²) < 4.78 is 3.64. The van der Waals surface area contributed by atoms with Crippen LogP contribution in [0.25, 0.3) is 0 Å². The van der Waals surface area contributed by atoms with Crippen LogP contribution in [0.4, 0.5) is 0 Å². The lowest BCUT2D eigenvalue weighted by atomic mass is 10.2. The molecule has 0 saturated carbocycles. The van der Waals surface area contributed by atoms with Gasteiger partial charge in [0.05, 0.1) is 6.04 Å². The molecule has 0 bridgehead atoms. The molecule has 0 unspecified atom stereocenters. The first-order valence-electron chi connectivity index (χ1n) is 7.11. The SMILES string of the molecule is CCCn1ncnc1[C@H](C)NC(=O)CCc1nncn1C. The molecular weight excluding hydrogens is 270 g/mol. The fraction of sp³-hybridized carbons (Fsp3) is 0.615. The Hall–Kier alpha value is -2.25. The molecule has 8 heteroatoms. The number of carbonyl (C=O) groups excluding carboxylic acids is 1. The first-order chi connectivity index (χ1) is 10.1. The van der Waals surface area contributed by atoms with Gasteiger partial charge in [-0.2, -0.15) is 5.10 Å². The highest BCUT2D eigenvalue weighted by atomic mass is 16.1. The van der Waals surface area contributed by atoms with Crippen molar-refractivity contribution in [3.8, 4) is 0 Å². The number of rotatable bonds is 7. The molecule has 0 fully saturated rings. The summed E-state index contributed by atoms with van der Waals surface area (Å²) in [6, 6.07) is -0.161. The molecule has 1 atom stereocenters. The molecule has 2 aromatic rings. The van der Waals surface area contributed by atoms with E-state index in [9.17, 15) is 4.79 Å². The topological polar surface area (TPSA) is 90.5 Å². The van der Waals surface area contributed by atoms with Gasteiger partial charge in [-0.1, -0.05) is 6.92 Å². The quantitative estimate of drug-likeness (QED) is 0.808. The molecule has 0 aliphatic carbocycles. The van der Waals surface area contributed by atoms with Gasteiger partial charge in [0.2, 0.25) is 5.91 Å². The summed E-state index contributed by atoms with van der Waals surface area (Å²) in [5, 5.41) is 14.9. The lowest BCUT2D eigenvalue weighted by Crippen LogP contribution is -2.29. The van der Waals surface area contributed by atoms with Crippen molar-refractivity contribution in [3.63, 3.8) is 0 Å². The second kappa shape index (κ2) is 6.96. The summed E-state index contributed by atoms with van der Waals surface area (Å²) in [5.41, 5.74) is 0. The maximum absolute atomic E-state index is 12.0. The Kier molecular flexibility index (Phi) is 5.02. The molecule has 0 aromatic carbocycles. The maximum atomic E-state index is 12.0. The second-order valence-corrected chi connectivity index (χ2v) is 4.99. The number of carbonyl (C=O) groups is 1. The minimum Gasteiger partial charge on any atom is -0.346 e. The van der Waals surface area contributed by atoms with Gasteiger partial charge in [-0.15, -0.1) is 10.2 Å². The summed E-state index contributed by atoms with van der Waals surface area (Å²) in [6.45, 7) is 4.79. The summed E-state index contributed by atoms with van der Waals surface area (Å²) in [6.07, 6.45) is 5.06. The van der Waals surface area contributed by atoms with Crippen LogP contribution in [0, 0.1) is 0 Å². The number of amides is 1. The first-order valence-corrected chi connectivity index (χ1v) is 7.11. The maximum Gasteiger partial charge on any atom is 0.221 e. The third-order valence-corrected chi connectivity index (χ3v) is 3.23. The van der Waals surface area contributed by atoms with Gasteiger partial charge in [-0.3, -0.25) is 4.79 Å². The van der Waals surface area contributed by atoms with E-state index >= 15 is 0 Å². The van der Waals surface area contributed by atoms with Gasteiger partial charge in [-0.25, -0.2) is 9.67 Å². The van der Waals surface area contributed by atoms with Crippen molar-refractivity contribution in [2.75, 3.05) is 0 Å². The van der Waals surface area contributed by atoms with Crippen molar-refractivity contribution >= 4 is 5.91 Å². The van der Waals surface area contributed by atoms with Crippen molar-refractivity contribution in [2.45, 2.75) is 45.7 Å². The van der Waals surface area contributed by atoms with Gasteiger partial charge in [0, 0.05) is 26.4 Å². The van der Waals surface area contributed by atoms with Gasteiger partial charge in [0.1, 0.15) is 24.3 Å². The summed E-state index contributed by atoms with van der Waals surface area (Å²) >= 11 is 0. The van der Waals surface area contributed by atoms with E-state index in [0.717, 1.165) is 24.6 Å². The highest BCUT2D eigenvalue weighted by molar-refractivity contribution is 5.76. The fourth-order valence-electron chi connectivity index (χ4n) is 2.13. The molecule has 8 nitrogen and oxygen atoms in total. The zero-order valence-corrected chi connectivity index (χ0v) is 12.7. The predicted molar refractivity (Wildman–Crippen MR) is 76.2 cm³/mol. The third kappa shape index (κ3) is 3.87. The summed E-state index contributed by atoms with van der Waals surface area (Å²) in [4.78, 5) is 16.2. The number of hydrogen-bond acceptors (Lipinski definition) is 5. The Balaban J connectivity index is 1.87. The van der Waals surface area contributed by atoms with Crippen molar-refractivity contribution in [1.29, 1.82) is 0 Å². The molecule has 2 aromatic heterocycles. The van der Waals surface area contributed by atoms with Crippen molar-refractivity contribution in [3.05, 3.63) is 24.3 Å². The highest BCUT2D eigenvalue weighted by Gasteiger charge is 2.15. The van der Waals surface area contributed by atoms with Crippen LogP contribution >= 0.6 is 0 Å². The standard InChI is InChI=1S/C13H21N7O/c1-4-7-20-13(14-8-16-20)10(2)17-12(21)6-5-11-18-15-9-19(11)3/h8-10H,4-7H2,1-3H3,(H,17,21)/t10-/m0/s1. The van der Waals surface area contributed by atoms with Crippen LogP contribution in [0.3, 0.4) is 0 Å². The monoisotopic (exact) mass is 291 g/mol. The fourth-order valence-corrected chi connectivity index (χ4v) is 2.13. The van der Waals surface area contributed by atoms with Crippen molar-refractivity contribution in [2.24, 2.45) is 7.05 Å². The predicted octanol–water partition coefficient (Wildman–Crippen LogP) is 0.627. The van der Waals surface area contributed by atoms with E-state index in [1.165, 1.54) is 6.33 Å². The van der Waals surface area contributed by atoms with Crippen LogP contribution in [0.15, 0.2) is 12.7 Å². The van der Waals surface area contributed by atoms with Crippen LogP contribution in [0.1, 0.15) is 44.4 Å².